The molecule has 19 heavy (non-hydrogen) atoms. The van der Waals surface area contributed by atoms with Gasteiger partial charge in [-0.2, -0.15) is 0 Å². The number of hydrogen-bond acceptors (Lipinski definition) is 3. The largest absolute Gasteiger partial charge is 0.478 e. The Hall–Kier alpha value is -1.95. The van der Waals surface area contributed by atoms with Crippen molar-refractivity contribution < 1.29 is 18.7 Å². The maximum atomic E-state index is 13.4. The van der Waals surface area contributed by atoms with Crippen LogP contribution in [0.4, 0.5) is 8.78 Å². The number of thioether (sulfide) groups is 1. The fraction of sp³-hybridized carbons (Fsp3) is 0.0769. The zero-order valence-electron chi connectivity index (χ0n) is 9.64. The van der Waals surface area contributed by atoms with Gasteiger partial charge in [-0.1, -0.05) is 12.1 Å². The molecule has 0 spiro atoms. The van der Waals surface area contributed by atoms with Gasteiger partial charge in [0.15, 0.2) is 11.6 Å². The molecule has 0 atom stereocenters. The van der Waals surface area contributed by atoms with Crippen LogP contribution in [0.2, 0.25) is 0 Å². The molecule has 6 heteroatoms. The third kappa shape index (κ3) is 3.29. The van der Waals surface area contributed by atoms with Gasteiger partial charge in [0.05, 0.1) is 10.6 Å². The summed E-state index contributed by atoms with van der Waals surface area (Å²) in [6.45, 7) is 0. The lowest BCUT2D eigenvalue weighted by atomic mass is 10.2. The van der Waals surface area contributed by atoms with Gasteiger partial charge in [-0.05, 0) is 18.2 Å². The van der Waals surface area contributed by atoms with Gasteiger partial charge in [-0.25, -0.2) is 18.6 Å². The van der Waals surface area contributed by atoms with Gasteiger partial charge in [0.1, 0.15) is 0 Å². The molecule has 0 amide bonds. The van der Waals surface area contributed by atoms with Crippen LogP contribution in [0.15, 0.2) is 41.6 Å². The van der Waals surface area contributed by atoms with E-state index in [1.165, 1.54) is 30.5 Å². The van der Waals surface area contributed by atoms with Crippen molar-refractivity contribution in [2.24, 2.45) is 0 Å². The number of carboxylic acids is 1. The van der Waals surface area contributed by atoms with Gasteiger partial charge in [-0.15, -0.1) is 11.8 Å². The van der Waals surface area contributed by atoms with Crippen molar-refractivity contribution in [1.82, 2.24) is 4.98 Å². The van der Waals surface area contributed by atoms with Crippen LogP contribution in [0.5, 0.6) is 0 Å². The Morgan fingerprint density at radius 2 is 2.11 bits per heavy atom. The smallest absolute Gasteiger partial charge is 0.335 e. The Labute approximate surface area is 112 Å². The monoisotopic (exact) mass is 281 g/mol. The summed E-state index contributed by atoms with van der Waals surface area (Å²) in [5.74, 6) is -2.66. The average molecular weight is 281 g/mol. The van der Waals surface area contributed by atoms with Gasteiger partial charge in [-0.3, -0.25) is 0 Å². The summed E-state index contributed by atoms with van der Waals surface area (Å²) in [6.07, 6.45) is 1.37. The Morgan fingerprint density at radius 3 is 2.84 bits per heavy atom. The lowest BCUT2D eigenvalue weighted by Crippen LogP contribution is -1.97. The first kappa shape index (κ1) is 13.5. The van der Waals surface area contributed by atoms with E-state index in [-0.39, 0.29) is 16.9 Å². The molecule has 2 aromatic rings. The van der Waals surface area contributed by atoms with Gasteiger partial charge in [0.2, 0.25) is 0 Å². The number of nitrogens with zero attached hydrogens (tertiary/aromatic N) is 1. The van der Waals surface area contributed by atoms with Crippen molar-refractivity contribution in [3.05, 3.63) is 59.3 Å². The Morgan fingerprint density at radius 1 is 1.32 bits per heavy atom. The number of carboxylic acid groups (broad SMARTS) is 1. The Bertz CT molecular complexity index is 619. The highest BCUT2D eigenvalue weighted by Crippen LogP contribution is 2.23. The van der Waals surface area contributed by atoms with E-state index in [0.29, 0.717) is 5.03 Å². The van der Waals surface area contributed by atoms with Crippen LogP contribution in [0, 0.1) is 11.6 Å². The van der Waals surface area contributed by atoms with E-state index < -0.39 is 17.6 Å². The topological polar surface area (TPSA) is 50.2 Å². The van der Waals surface area contributed by atoms with E-state index in [1.54, 1.807) is 0 Å². The van der Waals surface area contributed by atoms with E-state index in [2.05, 4.69) is 4.98 Å². The van der Waals surface area contributed by atoms with Crippen LogP contribution in [-0.2, 0) is 5.75 Å². The van der Waals surface area contributed by atoms with E-state index in [1.807, 2.05) is 0 Å². The third-order valence-electron chi connectivity index (χ3n) is 2.39. The maximum Gasteiger partial charge on any atom is 0.335 e. The minimum Gasteiger partial charge on any atom is -0.478 e. The molecule has 1 N–H and O–H groups in total. The van der Waals surface area contributed by atoms with Crippen molar-refractivity contribution in [3.8, 4) is 0 Å². The number of aromatic carboxylic acids is 1. The molecule has 1 aromatic heterocycles. The second-order valence-corrected chi connectivity index (χ2v) is 4.69. The molecule has 0 bridgehead atoms. The first-order chi connectivity index (χ1) is 9.08. The highest BCUT2D eigenvalue weighted by molar-refractivity contribution is 7.98. The summed E-state index contributed by atoms with van der Waals surface area (Å²) in [5.41, 5.74) is 0.324. The molecule has 1 heterocycles. The molecule has 0 aliphatic heterocycles. The van der Waals surface area contributed by atoms with Gasteiger partial charge in [0, 0.05) is 17.5 Å². The summed E-state index contributed by atoms with van der Waals surface area (Å²) in [5, 5.41) is 9.28. The second-order valence-electron chi connectivity index (χ2n) is 3.69. The maximum absolute atomic E-state index is 13.4. The van der Waals surface area contributed by atoms with Gasteiger partial charge in [0.25, 0.3) is 0 Å². The van der Waals surface area contributed by atoms with Crippen LogP contribution < -0.4 is 0 Å². The Kier molecular flexibility index (Phi) is 4.11. The molecular formula is C13H9F2NO2S. The standard InChI is InChI=1S/C13H9F2NO2S/c14-10-3-1-2-9(12(10)15)7-19-11-6-8(13(17)18)4-5-16-11/h1-6H,7H2,(H,17,18). The number of carbonyl (C=O) groups is 1. The molecule has 0 saturated heterocycles. The van der Waals surface area contributed by atoms with Crippen molar-refractivity contribution >= 4 is 17.7 Å². The summed E-state index contributed by atoms with van der Waals surface area (Å²) in [7, 11) is 0. The van der Waals surface area contributed by atoms with Crippen molar-refractivity contribution in [3.63, 3.8) is 0 Å². The molecule has 0 fully saturated rings. The van der Waals surface area contributed by atoms with Crippen LogP contribution in [0.3, 0.4) is 0 Å². The molecule has 3 nitrogen and oxygen atoms in total. The summed E-state index contributed by atoms with van der Waals surface area (Å²) in [4.78, 5) is 14.8. The number of benzene rings is 1. The molecule has 98 valence electrons. The predicted molar refractivity (Wildman–Crippen MR) is 67.1 cm³/mol. The lowest BCUT2D eigenvalue weighted by molar-refractivity contribution is 0.0696. The summed E-state index contributed by atoms with van der Waals surface area (Å²) in [6, 6.07) is 6.72. The number of rotatable bonds is 4. The van der Waals surface area contributed by atoms with E-state index in [9.17, 15) is 13.6 Å². The molecule has 2 rings (SSSR count). The minimum absolute atomic E-state index is 0.109. The SMILES string of the molecule is O=C(O)c1ccnc(SCc2cccc(F)c2F)c1. The van der Waals surface area contributed by atoms with Crippen molar-refractivity contribution in [2.45, 2.75) is 10.8 Å². The molecule has 0 unspecified atom stereocenters. The van der Waals surface area contributed by atoms with E-state index in [4.69, 9.17) is 5.11 Å². The first-order valence-corrected chi connectivity index (χ1v) is 6.31. The van der Waals surface area contributed by atoms with Crippen molar-refractivity contribution in [2.75, 3.05) is 0 Å². The lowest BCUT2D eigenvalue weighted by Gasteiger charge is -2.04. The molecule has 0 radical (unpaired) electrons. The average Bonchev–Trinajstić information content (AvgIpc) is 2.41. The van der Waals surface area contributed by atoms with Crippen molar-refractivity contribution in [1.29, 1.82) is 0 Å². The van der Waals surface area contributed by atoms with Crippen LogP contribution >= 0.6 is 11.8 Å². The number of halogens is 2. The molecule has 0 aliphatic rings. The van der Waals surface area contributed by atoms with Gasteiger partial charge < -0.3 is 5.11 Å². The number of pyridine rings is 1. The molecule has 0 saturated carbocycles. The van der Waals surface area contributed by atoms with Gasteiger partial charge >= 0.3 is 5.97 Å². The highest BCUT2D eigenvalue weighted by Gasteiger charge is 2.09. The number of aromatic nitrogens is 1. The fourth-order valence-corrected chi connectivity index (χ4v) is 2.31. The summed E-state index contributed by atoms with van der Waals surface area (Å²) >= 11 is 1.15. The van der Waals surface area contributed by atoms with Crippen LogP contribution in [0.1, 0.15) is 15.9 Å². The number of hydrogen-bond donors (Lipinski definition) is 1. The van der Waals surface area contributed by atoms with Crippen LogP contribution in [-0.4, -0.2) is 16.1 Å². The van der Waals surface area contributed by atoms with Crippen LogP contribution in [0.25, 0.3) is 0 Å². The predicted octanol–water partition coefficient (Wildman–Crippen LogP) is 3.35. The zero-order chi connectivity index (χ0) is 13.8. The zero-order valence-corrected chi connectivity index (χ0v) is 10.5. The first-order valence-electron chi connectivity index (χ1n) is 5.33. The minimum atomic E-state index is -1.05. The Balaban J connectivity index is 2.12. The molecule has 1 aromatic carbocycles. The van der Waals surface area contributed by atoms with E-state index in [0.717, 1.165) is 17.8 Å². The second kappa shape index (κ2) is 5.79. The third-order valence-corrected chi connectivity index (χ3v) is 3.36. The normalized spacial score (nSPS) is 10.4. The van der Waals surface area contributed by atoms with E-state index >= 15 is 0 Å². The highest BCUT2D eigenvalue weighted by atomic mass is 32.2. The quantitative estimate of drug-likeness (QED) is 0.873. The molecule has 0 aliphatic carbocycles. The summed E-state index contributed by atoms with van der Waals surface area (Å²) < 4.78 is 26.4. The fourth-order valence-electron chi connectivity index (χ4n) is 1.43. The molecular weight excluding hydrogens is 272 g/mol.